The molecule has 1 heterocycles. The minimum absolute atomic E-state index is 0.0234. The van der Waals surface area contributed by atoms with Gasteiger partial charge in [0.15, 0.2) is 0 Å². The second kappa shape index (κ2) is 8.67. The highest BCUT2D eigenvalue weighted by atomic mass is 16.5. The maximum atomic E-state index is 11.8. The summed E-state index contributed by atoms with van der Waals surface area (Å²) in [6, 6.07) is 11.5. The second-order valence-electron chi connectivity index (χ2n) is 4.77. The molecule has 0 saturated heterocycles. The molecule has 2 aromatic rings. The van der Waals surface area contributed by atoms with Crippen molar-refractivity contribution in [2.24, 2.45) is 0 Å². The molecule has 1 aromatic carbocycles. The molecule has 0 radical (unpaired) electrons. The van der Waals surface area contributed by atoms with Crippen LogP contribution in [0.25, 0.3) is 0 Å². The monoisotopic (exact) mass is 299 g/mol. The molecule has 2 N–H and O–H groups in total. The number of hydrogen-bond donors (Lipinski definition) is 2. The van der Waals surface area contributed by atoms with Gasteiger partial charge in [-0.2, -0.15) is 0 Å². The Hall–Kier alpha value is -2.56. The van der Waals surface area contributed by atoms with Crippen molar-refractivity contribution in [3.63, 3.8) is 0 Å². The van der Waals surface area contributed by atoms with Crippen molar-refractivity contribution in [2.45, 2.75) is 19.9 Å². The number of nitrogens with one attached hydrogen (secondary N) is 2. The van der Waals surface area contributed by atoms with Crippen molar-refractivity contribution in [1.29, 1.82) is 0 Å². The summed E-state index contributed by atoms with van der Waals surface area (Å²) in [4.78, 5) is 15.7. The predicted molar refractivity (Wildman–Crippen MR) is 86.8 cm³/mol. The van der Waals surface area contributed by atoms with E-state index >= 15 is 0 Å². The van der Waals surface area contributed by atoms with Crippen LogP contribution in [0.15, 0.2) is 48.8 Å². The van der Waals surface area contributed by atoms with Crippen LogP contribution in [-0.4, -0.2) is 24.0 Å². The van der Waals surface area contributed by atoms with Gasteiger partial charge in [-0.3, -0.25) is 9.78 Å². The summed E-state index contributed by atoms with van der Waals surface area (Å²) in [7, 11) is 0. The van der Waals surface area contributed by atoms with Crippen LogP contribution >= 0.6 is 0 Å². The third-order valence-electron chi connectivity index (χ3n) is 3.09. The summed E-state index contributed by atoms with van der Waals surface area (Å²) < 4.78 is 5.38. The molecule has 0 bridgehead atoms. The lowest BCUT2D eigenvalue weighted by Gasteiger charge is -2.08. The largest absolute Gasteiger partial charge is 0.494 e. The Morgan fingerprint density at radius 2 is 1.86 bits per heavy atom. The van der Waals surface area contributed by atoms with Crippen LogP contribution in [0.3, 0.4) is 0 Å². The van der Waals surface area contributed by atoms with Gasteiger partial charge in [0.05, 0.1) is 6.61 Å². The molecular formula is C17H21N3O2. The zero-order valence-corrected chi connectivity index (χ0v) is 12.7. The average molecular weight is 299 g/mol. The zero-order valence-electron chi connectivity index (χ0n) is 12.7. The van der Waals surface area contributed by atoms with Crippen molar-refractivity contribution in [2.75, 3.05) is 18.5 Å². The minimum atomic E-state index is 0.0234. The third kappa shape index (κ3) is 5.44. The van der Waals surface area contributed by atoms with E-state index in [1.54, 1.807) is 12.4 Å². The fourth-order valence-electron chi connectivity index (χ4n) is 1.95. The fraction of sp³-hybridized carbons (Fsp3) is 0.294. The third-order valence-corrected chi connectivity index (χ3v) is 3.09. The highest BCUT2D eigenvalue weighted by Crippen LogP contribution is 2.15. The Balaban J connectivity index is 1.66. The quantitative estimate of drug-likeness (QED) is 0.786. The first-order valence-corrected chi connectivity index (χ1v) is 7.40. The van der Waals surface area contributed by atoms with Crippen LogP contribution < -0.4 is 15.4 Å². The van der Waals surface area contributed by atoms with Crippen molar-refractivity contribution in [3.8, 4) is 5.75 Å². The molecule has 0 aliphatic heterocycles. The van der Waals surface area contributed by atoms with Gasteiger partial charge in [0, 0.05) is 37.6 Å². The van der Waals surface area contributed by atoms with E-state index < -0.39 is 0 Å². The van der Waals surface area contributed by atoms with Crippen LogP contribution in [0.2, 0.25) is 0 Å². The summed E-state index contributed by atoms with van der Waals surface area (Å²) in [6.07, 6.45) is 3.86. The Kier molecular flexibility index (Phi) is 6.23. The Morgan fingerprint density at radius 1 is 1.14 bits per heavy atom. The molecule has 0 unspecified atom stereocenters. The molecule has 2 rings (SSSR count). The maximum absolute atomic E-state index is 11.8. The summed E-state index contributed by atoms with van der Waals surface area (Å²) >= 11 is 0. The van der Waals surface area contributed by atoms with E-state index in [2.05, 4.69) is 15.6 Å². The Labute approximate surface area is 130 Å². The molecule has 1 aromatic heterocycles. The molecule has 22 heavy (non-hydrogen) atoms. The van der Waals surface area contributed by atoms with Gasteiger partial charge in [-0.25, -0.2) is 0 Å². The number of amides is 1. The number of rotatable bonds is 8. The van der Waals surface area contributed by atoms with E-state index in [0.717, 1.165) is 17.0 Å². The van der Waals surface area contributed by atoms with Gasteiger partial charge in [0.2, 0.25) is 5.91 Å². The summed E-state index contributed by atoms with van der Waals surface area (Å²) in [5.74, 6) is 0.874. The van der Waals surface area contributed by atoms with Crippen LogP contribution in [-0.2, 0) is 11.3 Å². The van der Waals surface area contributed by atoms with Crippen molar-refractivity contribution in [1.82, 2.24) is 10.3 Å². The lowest BCUT2D eigenvalue weighted by Crippen LogP contribution is -2.24. The molecule has 0 saturated carbocycles. The first-order valence-electron chi connectivity index (χ1n) is 7.40. The first-order chi connectivity index (χ1) is 10.8. The molecule has 0 spiro atoms. The van der Waals surface area contributed by atoms with Gasteiger partial charge in [-0.1, -0.05) is 0 Å². The van der Waals surface area contributed by atoms with Crippen LogP contribution in [0, 0.1) is 0 Å². The molecular weight excluding hydrogens is 278 g/mol. The van der Waals surface area contributed by atoms with E-state index in [0.29, 0.717) is 26.1 Å². The van der Waals surface area contributed by atoms with E-state index in [4.69, 9.17) is 4.74 Å². The Bertz CT molecular complexity index is 570. The lowest BCUT2D eigenvalue weighted by atomic mass is 10.2. The first kappa shape index (κ1) is 15.8. The number of pyridine rings is 1. The minimum Gasteiger partial charge on any atom is -0.494 e. The number of hydrogen-bond acceptors (Lipinski definition) is 4. The van der Waals surface area contributed by atoms with Gasteiger partial charge in [-0.15, -0.1) is 0 Å². The van der Waals surface area contributed by atoms with Gasteiger partial charge in [-0.05, 0) is 48.9 Å². The van der Waals surface area contributed by atoms with Crippen LogP contribution in [0.1, 0.15) is 18.9 Å². The number of carbonyl (C=O) groups excluding carboxylic acids is 1. The molecule has 0 fully saturated rings. The predicted octanol–water partition coefficient (Wildman–Crippen LogP) is 2.60. The standard InChI is InChI=1S/C17H21N3O2/c1-2-22-16-5-3-15(4-6-16)19-12-9-17(21)20-13-14-7-10-18-11-8-14/h3-8,10-11,19H,2,9,12-13H2,1H3,(H,20,21). The van der Waals surface area contributed by atoms with Gasteiger partial charge in [0.25, 0.3) is 0 Å². The average Bonchev–Trinajstić information content (AvgIpc) is 2.56. The van der Waals surface area contributed by atoms with Crippen molar-refractivity contribution < 1.29 is 9.53 Å². The number of aromatic nitrogens is 1. The highest BCUT2D eigenvalue weighted by molar-refractivity contribution is 5.76. The highest BCUT2D eigenvalue weighted by Gasteiger charge is 2.01. The van der Waals surface area contributed by atoms with Gasteiger partial charge in [0.1, 0.15) is 5.75 Å². The maximum Gasteiger partial charge on any atom is 0.222 e. The van der Waals surface area contributed by atoms with Crippen LogP contribution in [0.5, 0.6) is 5.75 Å². The molecule has 1 amide bonds. The summed E-state index contributed by atoms with van der Waals surface area (Å²) in [6.45, 7) is 3.74. The lowest BCUT2D eigenvalue weighted by molar-refractivity contribution is -0.121. The molecule has 0 aliphatic rings. The number of ether oxygens (including phenoxy) is 1. The number of carbonyl (C=O) groups is 1. The van der Waals surface area contributed by atoms with E-state index in [1.165, 1.54) is 0 Å². The SMILES string of the molecule is CCOc1ccc(NCCC(=O)NCc2ccncc2)cc1. The van der Waals surface area contributed by atoms with E-state index in [-0.39, 0.29) is 5.91 Å². The molecule has 5 heteroatoms. The number of anilines is 1. The normalized spacial score (nSPS) is 10.0. The fourth-order valence-corrected chi connectivity index (χ4v) is 1.95. The smallest absolute Gasteiger partial charge is 0.222 e. The number of benzene rings is 1. The van der Waals surface area contributed by atoms with Crippen molar-refractivity contribution in [3.05, 3.63) is 54.4 Å². The topological polar surface area (TPSA) is 63.2 Å². The number of nitrogens with zero attached hydrogens (tertiary/aromatic N) is 1. The molecule has 0 aliphatic carbocycles. The second-order valence-corrected chi connectivity index (χ2v) is 4.77. The zero-order chi connectivity index (χ0) is 15.6. The van der Waals surface area contributed by atoms with Gasteiger partial charge < -0.3 is 15.4 Å². The molecule has 0 atom stereocenters. The van der Waals surface area contributed by atoms with Crippen LogP contribution in [0.4, 0.5) is 5.69 Å². The Morgan fingerprint density at radius 3 is 2.55 bits per heavy atom. The van der Waals surface area contributed by atoms with E-state index in [9.17, 15) is 4.79 Å². The molecule has 116 valence electrons. The molecule has 5 nitrogen and oxygen atoms in total. The van der Waals surface area contributed by atoms with Gasteiger partial charge >= 0.3 is 0 Å². The van der Waals surface area contributed by atoms with E-state index in [1.807, 2.05) is 43.3 Å². The summed E-state index contributed by atoms with van der Waals surface area (Å²) in [5, 5.41) is 6.10. The van der Waals surface area contributed by atoms with Crippen molar-refractivity contribution >= 4 is 11.6 Å². The summed E-state index contributed by atoms with van der Waals surface area (Å²) in [5.41, 5.74) is 2.02.